The molecule has 1 aromatic carbocycles. The highest BCUT2D eigenvalue weighted by Crippen LogP contribution is 2.29. The maximum Gasteiger partial charge on any atom is 0.253 e. The number of nitrogen functional groups attached to an aromatic ring is 1. The van der Waals surface area contributed by atoms with E-state index in [2.05, 4.69) is 5.10 Å². The Morgan fingerprint density at radius 1 is 1.15 bits per heavy atom. The number of aryl methyl sites for hydroxylation is 1. The van der Waals surface area contributed by atoms with Crippen LogP contribution in [0.5, 0.6) is 0 Å². The SMILES string of the molecule is Cc1cc(N)n(CC(=O)N2C[C@H]3CC[C@@H]2CN(C(=O)c2ccccc2)C3)n1. The lowest BCUT2D eigenvalue weighted by atomic mass is 9.95. The molecule has 2 atom stereocenters. The summed E-state index contributed by atoms with van der Waals surface area (Å²) < 4.78 is 1.56. The summed E-state index contributed by atoms with van der Waals surface area (Å²) >= 11 is 0. The van der Waals surface area contributed by atoms with Gasteiger partial charge in [-0.15, -0.1) is 0 Å². The lowest BCUT2D eigenvalue weighted by Crippen LogP contribution is -2.49. The summed E-state index contributed by atoms with van der Waals surface area (Å²) in [6.45, 7) is 4.00. The highest BCUT2D eigenvalue weighted by atomic mass is 16.2. The molecule has 0 saturated carbocycles. The highest BCUT2D eigenvalue weighted by molar-refractivity contribution is 5.94. The first-order valence-electron chi connectivity index (χ1n) is 9.45. The summed E-state index contributed by atoms with van der Waals surface area (Å²) in [6.07, 6.45) is 1.98. The van der Waals surface area contributed by atoms with E-state index in [1.807, 2.05) is 47.1 Å². The molecule has 7 nitrogen and oxygen atoms in total. The number of hydrogen-bond donors (Lipinski definition) is 1. The van der Waals surface area contributed by atoms with Crippen LogP contribution in [-0.4, -0.2) is 57.1 Å². The van der Waals surface area contributed by atoms with Crippen LogP contribution in [0, 0.1) is 12.8 Å². The van der Waals surface area contributed by atoms with Gasteiger partial charge in [-0.3, -0.25) is 9.59 Å². The quantitative estimate of drug-likeness (QED) is 0.892. The number of rotatable bonds is 3. The monoisotopic (exact) mass is 367 g/mol. The zero-order valence-electron chi connectivity index (χ0n) is 15.5. The number of hydrogen-bond acceptors (Lipinski definition) is 4. The summed E-state index contributed by atoms with van der Waals surface area (Å²) in [5.41, 5.74) is 7.44. The van der Waals surface area contributed by atoms with Crippen molar-refractivity contribution in [2.24, 2.45) is 5.92 Å². The molecule has 0 aliphatic carbocycles. The third-order valence-electron chi connectivity index (χ3n) is 5.56. The highest BCUT2D eigenvalue weighted by Gasteiger charge is 2.38. The number of fused-ring (bicyclic) bond motifs is 4. The number of amides is 2. The second kappa shape index (κ2) is 7.06. The summed E-state index contributed by atoms with van der Waals surface area (Å²) in [4.78, 5) is 29.6. The molecule has 3 aliphatic rings. The Balaban J connectivity index is 1.49. The number of nitrogens with zero attached hydrogens (tertiary/aromatic N) is 4. The molecule has 1 aromatic heterocycles. The molecule has 2 amide bonds. The Morgan fingerprint density at radius 3 is 2.63 bits per heavy atom. The topological polar surface area (TPSA) is 84.5 Å². The van der Waals surface area contributed by atoms with Crippen LogP contribution >= 0.6 is 0 Å². The first-order valence-corrected chi connectivity index (χ1v) is 9.45. The fraction of sp³-hybridized carbons (Fsp3) is 0.450. The predicted molar refractivity (Wildman–Crippen MR) is 102 cm³/mol. The molecule has 0 radical (unpaired) electrons. The smallest absolute Gasteiger partial charge is 0.253 e. The number of nitrogens with two attached hydrogens (primary N) is 1. The van der Waals surface area contributed by atoms with Gasteiger partial charge in [-0.2, -0.15) is 5.10 Å². The first-order chi connectivity index (χ1) is 13.0. The largest absolute Gasteiger partial charge is 0.384 e. The molecule has 27 heavy (non-hydrogen) atoms. The number of carbonyl (C=O) groups excluding carboxylic acids is 2. The van der Waals surface area contributed by atoms with Crippen molar-refractivity contribution in [1.29, 1.82) is 0 Å². The van der Waals surface area contributed by atoms with E-state index in [1.165, 1.54) is 0 Å². The molecule has 0 unspecified atom stereocenters. The van der Waals surface area contributed by atoms with E-state index in [1.54, 1.807) is 10.7 Å². The number of carbonyl (C=O) groups is 2. The number of benzene rings is 1. The van der Waals surface area contributed by atoms with Gasteiger partial charge in [0.15, 0.2) is 0 Å². The summed E-state index contributed by atoms with van der Waals surface area (Å²) in [5, 5.41) is 4.29. The van der Waals surface area contributed by atoms with E-state index in [4.69, 9.17) is 5.73 Å². The van der Waals surface area contributed by atoms with Crippen LogP contribution in [0.2, 0.25) is 0 Å². The van der Waals surface area contributed by atoms with Gasteiger partial charge >= 0.3 is 0 Å². The van der Waals surface area contributed by atoms with Gasteiger partial charge in [0.2, 0.25) is 5.91 Å². The number of aromatic nitrogens is 2. The minimum absolute atomic E-state index is 0.0218. The van der Waals surface area contributed by atoms with E-state index in [-0.39, 0.29) is 24.4 Å². The van der Waals surface area contributed by atoms with Crippen molar-refractivity contribution in [3.63, 3.8) is 0 Å². The molecule has 4 heterocycles. The lowest BCUT2D eigenvalue weighted by Gasteiger charge is -2.36. The summed E-state index contributed by atoms with van der Waals surface area (Å²) in [7, 11) is 0. The Hall–Kier alpha value is -2.83. The molecule has 7 heteroatoms. The number of piperidine rings is 1. The Morgan fingerprint density at radius 2 is 1.93 bits per heavy atom. The first kappa shape index (κ1) is 17.6. The Labute approximate surface area is 158 Å². The number of anilines is 1. The normalized spacial score (nSPS) is 22.0. The fourth-order valence-corrected chi connectivity index (χ4v) is 4.23. The third-order valence-corrected chi connectivity index (χ3v) is 5.56. The minimum atomic E-state index is 0.0218. The van der Waals surface area contributed by atoms with Crippen molar-refractivity contribution in [1.82, 2.24) is 19.6 Å². The van der Waals surface area contributed by atoms with Gasteiger partial charge in [0.25, 0.3) is 5.91 Å². The van der Waals surface area contributed by atoms with Gasteiger partial charge in [0.05, 0.1) is 5.69 Å². The average molecular weight is 367 g/mol. The molecule has 5 rings (SSSR count). The predicted octanol–water partition coefficient (Wildman–Crippen LogP) is 1.54. The zero-order chi connectivity index (χ0) is 19.0. The van der Waals surface area contributed by atoms with Crippen LogP contribution in [0.25, 0.3) is 0 Å². The van der Waals surface area contributed by atoms with Crippen molar-refractivity contribution in [2.75, 3.05) is 25.4 Å². The van der Waals surface area contributed by atoms with Crippen LogP contribution in [0.3, 0.4) is 0 Å². The molecule has 0 spiro atoms. The van der Waals surface area contributed by atoms with Crippen LogP contribution in [0.15, 0.2) is 36.4 Å². The van der Waals surface area contributed by atoms with E-state index >= 15 is 0 Å². The van der Waals surface area contributed by atoms with Gasteiger partial charge in [-0.1, -0.05) is 18.2 Å². The van der Waals surface area contributed by atoms with Crippen LogP contribution in [0.4, 0.5) is 5.82 Å². The molecular formula is C20H25N5O2. The molecule has 3 saturated heterocycles. The van der Waals surface area contributed by atoms with Crippen molar-refractivity contribution in [3.8, 4) is 0 Å². The van der Waals surface area contributed by atoms with Crippen molar-refractivity contribution < 1.29 is 9.59 Å². The maximum atomic E-state index is 12.9. The standard InChI is InChI=1S/C20H25N5O2/c1-14-9-18(21)25(22-14)13-19(26)24-11-15-7-8-17(24)12-23(10-15)20(27)16-5-3-2-4-6-16/h2-6,9,15,17H,7-8,10-13,21H2,1H3/t15-,17+/m0/s1. The molecule has 2 bridgehead atoms. The van der Waals surface area contributed by atoms with Gasteiger partial charge in [0, 0.05) is 37.3 Å². The Kier molecular flexibility index (Phi) is 4.59. The zero-order valence-corrected chi connectivity index (χ0v) is 15.5. The van der Waals surface area contributed by atoms with Crippen molar-refractivity contribution in [2.45, 2.75) is 32.4 Å². The van der Waals surface area contributed by atoms with Crippen LogP contribution in [0.1, 0.15) is 28.9 Å². The molecule has 2 N–H and O–H groups in total. The second-order valence-corrected chi connectivity index (χ2v) is 7.59. The molecule has 142 valence electrons. The van der Waals surface area contributed by atoms with Gasteiger partial charge in [0.1, 0.15) is 12.4 Å². The minimum Gasteiger partial charge on any atom is -0.384 e. The third kappa shape index (κ3) is 3.54. The molecular weight excluding hydrogens is 342 g/mol. The maximum absolute atomic E-state index is 12.9. The molecule has 3 fully saturated rings. The average Bonchev–Trinajstić information content (AvgIpc) is 2.85. The van der Waals surface area contributed by atoms with Crippen molar-refractivity contribution in [3.05, 3.63) is 47.7 Å². The summed E-state index contributed by atoms with van der Waals surface area (Å²) in [5.74, 6) is 0.890. The molecule has 3 aliphatic heterocycles. The van der Waals surface area contributed by atoms with E-state index in [9.17, 15) is 9.59 Å². The Bertz CT molecular complexity index is 847. The van der Waals surface area contributed by atoms with E-state index in [0.29, 0.717) is 36.9 Å². The van der Waals surface area contributed by atoms with Crippen LogP contribution in [-0.2, 0) is 11.3 Å². The van der Waals surface area contributed by atoms with Crippen LogP contribution < -0.4 is 5.73 Å². The molecule has 2 aromatic rings. The fourth-order valence-electron chi connectivity index (χ4n) is 4.23. The van der Waals surface area contributed by atoms with Gasteiger partial charge in [-0.25, -0.2) is 4.68 Å². The second-order valence-electron chi connectivity index (χ2n) is 7.59. The van der Waals surface area contributed by atoms with E-state index < -0.39 is 0 Å². The van der Waals surface area contributed by atoms with Gasteiger partial charge in [-0.05, 0) is 37.8 Å². The lowest BCUT2D eigenvalue weighted by molar-refractivity contribution is -0.136. The van der Waals surface area contributed by atoms with Gasteiger partial charge < -0.3 is 15.5 Å². The van der Waals surface area contributed by atoms with Crippen molar-refractivity contribution >= 4 is 17.6 Å². The van der Waals surface area contributed by atoms with E-state index in [0.717, 1.165) is 18.5 Å². The summed E-state index contributed by atoms with van der Waals surface area (Å²) in [6, 6.07) is 11.2.